The number of carbonyl (C=O) groups excluding carboxylic acids is 1. The maximum atomic E-state index is 13.7. The minimum absolute atomic E-state index is 0.175. The Morgan fingerprint density at radius 3 is 2.96 bits per heavy atom. The zero-order chi connectivity index (χ0) is 17.3. The van der Waals surface area contributed by atoms with Crippen molar-refractivity contribution in [3.05, 3.63) is 46.1 Å². The molecule has 0 aliphatic carbocycles. The summed E-state index contributed by atoms with van der Waals surface area (Å²) >= 11 is 0. The first-order valence-electron chi connectivity index (χ1n) is 6.88. The Hall–Kier alpha value is -3.37. The molecule has 0 unspecified atom stereocenters. The second-order valence-electron chi connectivity index (χ2n) is 4.96. The number of rotatable bonds is 4. The molecule has 124 valence electrons. The number of hydrogen-bond acceptors (Lipinski definition) is 6. The first-order chi connectivity index (χ1) is 11.5. The van der Waals surface area contributed by atoms with E-state index in [1.165, 1.54) is 30.2 Å². The van der Waals surface area contributed by atoms with Crippen LogP contribution in [0.5, 0.6) is 0 Å². The molecule has 24 heavy (non-hydrogen) atoms. The normalized spacial score (nSPS) is 11.5. The Labute approximate surface area is 134 Å². The standard InChI is InChI=1S/C13H13FN8O2/c1-8-9(12(14)20(2)19-8)5-15-18-11(23)6-21-13(24)10-3-4-16-22(10)7-17-21/h3-5,7H,6H2,1-2H3,(H,18,23)/b15-5-. The van der Waals surface area contributed by atoms with Crippen molar-refractivity contribution < 1.29 is 9.18 Å². The summed E-state index contributed by atoms with van der Waals surface area (Å²) in [5, 5.41) is 15.3. The molecule has 0 saturated heterocycles. The average molecular weight is 332 g/mol. The Morgan fingerprint density at radius 1 is 1.46 bits per heavy atom. The topological polar surface area (TPSA) is 111 Å². The second kappa shape index (κ2) is 6.02. The summed E-state index contributed by atoms with van der Waals surface area (Å²) in [6, 6.07) is 1.52. The minimum atomic E-state index is -0.577. The Morgan fingerprint density at radius 2 is 2.25 bits per heavy atom. The summed E-state index contributed by atoms with van der Waals surface area (Å²) in [6.07, 6.45) is 3.94. The Kier molecular flexibility index (Phi) is 3.90. The van der Waals surface area contributed by atoms with Gasteiger partial charge in [0.15, 0.2) is 0 Å². The van der Waals surface area contributed by atoms with E-state index in [1.807, 2.05) is 0 Å². The molecule has 0 atom stereocenters. The van der Waals surface area contributed by atoms with Crippen molar-refractivity contribution in [3.8, 4) is 0 Å². The fourth-order valence-corrected chi connectivity index (χ4v) is 2.12. The molecule has 3 aromatic heterocycles. The smallest absolute Gasteiger partial charge is 0.271 e. The zero-order valence-electron chi connectivity index (χ0n) is 12.8. The van der Waals surface area contributed by atoms with Crippen LogP contribution in [0.15, 0.2) is 28.5 Å². The molecule has 0 fully saturated rings. The van der Waals surface area contributed by atoms with Crippen molar-refractivity contribution in [1.29, 1.82) is 0 Å². The molecule has 0 saturated carbocycles. The van der Waals surface area contributed by atoms with Crippen LogP contribution in [0.3, 0.4) is 0 Å². The molecule has 1 N–H and O–H groups in total. The van der Waals surface area contributed by atoms with Crippen molar-refractivity contribution in [2.24, 2.45) is 12.1 Å². The molecule has 3 heterocycles. The lowest BCUT2D eigenvalue weighted by Gasteiger charge is -2.03. The molecule has 3 rings (SSSR count). The van der Waals surface area contributed by atoms with Crippen molar-refractivity contribution in [1.82, 2.24) is 34.6 Å². The Bertz CT molecular complexity index is 999. The van der Waals surface area contributed by atoms with Crippen molar-refractivity contribution >= 4 is 17.6 Å². The third-order valence-corrected chi connectivity index (χ3v) is 3.30. The highest BCUT2D eigenvalue weighted by atomic mass is 19.1. The van der Waals surface area contributed by atoms with E-state index in [0.717, 1.165) is 15.6 Å². The maximum Gasteiger partial charge on any atom is 0.293 e. The van der Waals surface area contributed by atoms with Gasteiger partial charge < -0.3 is 0 Å². The number of aromatic nitrogens is 6. The Balaban J connectivity index is 1.70. The number of aryl methyl sites for hydroxylation is 2. The third kappa shape index (κ3) is 2.78. The lowest BCUT2D eigenvalue weighted by Crippen LogP contribution is -2.32. The van der Waals surface area contributed by atoms with E-state index >= 15 is 0 Å². The van der Waals surface area contributed by atoms with E-state index in [2.05, 4.69) is 25.8 Å². The summed E-state index contributed by atoms with van der Waals surface area (Å²) in [5.41, 5.74) is 2.68. The van der Waals surface area contributed by atoms with Gasteiger partial charge in [-0.05, 0) is 13.0 Å². The van der Waals surface area contributed by atoms with Crippen molar-refractivity contribution in [3.63, 3.8) is 0 Å². The molecule has 0 aromatic carbocycles. The highest BCUT2D eigenvalue weighted by Gasteiger charge is 2.11. The van der Waals surface area contributed by atoms with Gasteiger partial charge in [-0.2, -0.15) is 24.8 Å². The van der Waals surface area contributed by atoms with Gasteiger partial charge in [-0.3, -0.25) is 9.59 Å². The number of fused-ring (bicyclic) bond motifs is 1. The quantitative estimate of drug-likeness (QED) is 0.498. The van der Waals surface area contributed by atoms with Gasteiger partial charge in [0, 0.05) is 7.05 Å². The SMILES string of the molecule is Cc1nn(C)c(F)c1/C=N\NC(=O)Cn1ncn2nccc2c1=O. The van der Waals surface area contributed by atoms with Gasteiger partial charge in [0.1, 0.15) is 18.4 Å². The molecule has 0 bridgehead atoms. The summed E-state index contributed by atoms with van der Waals surface area (Å²) in [4.78, 5) is 23.9. The number of hydrogen-bond donors (Lipinski definition) is 1. The van der Waals surface area contributed by atoms with E-state index in [4.69, 9.17) is 0 Å². The van der Waals surface area contributed by atoms with Gasteiger partial charge in [-0.1, -0.05) is 0 Å². The van der Waals surface area contributed by atoms with E-state index < -0.39 is 17.4 Å². The molecule has 0 aliphatic rings. The van der Waals surface area contributed by atoms with E-state index in [0.29, 0.717) is 11.2 Å². The molecule has 10 nitrogen and oxygen atoms in total. The predicted octanol–water partition coefficient (Wildman–Crippen LogP) is -0.778. The molecule has 11 heteroatoms. The molecule has 3 aromatic rings. The zero-order valence-corrected chi connectivity index (χ0v) is 12.8. The highest BCUT2D eigenvalue weighted by molar-refractivity contribution is 5.83. The van der Waals surface area contributed by atoms with Gasteiger partial charge in [0.2, 0.25) is 5.95 Å². The minimum Gasteiger partial charge on any atom is -0.271 e. The summed E-state index contributed by atoms with van der Waals surface area (Å²) in [6.45, 7) is 1.29. The van der Waals surface area contributed by atoms with Crippen LogP contribution in [0.1, 0.15) is 11.3 Å². The number of halogens is 1. The fraction of sp³-hybridized carbons (Fsp3) is 0.231. The second-order valence-corrected chi connectivity index (χ2v) is 4.96. The first-order valence-corrected chi connectivity index (χ1v) is 6.88. The summed E-state index contributed by atoms with van der Waals surface area (Å²) in [7, 11) is 1.46. The number of nitrogens with one attached hydrogen (secondary N) is 1. The maximum absolute atomic E-state index is 13.7. The number of amides is 1. The number of hydrazone groups is 1. The molecular formula is C13H13FN8O2. The van der Waals surface area contributed by atoms with Gasteiger partial charge in [0.05, 0.1) is 23.7 Å². The number of carbonyl (C=O) groups is 1. The number of nitrogens with zero attached hydrogens (tertiary/aromatic N) is 7. The van der Waals surface area contributed by atoms with Gasteiger partial charge in [-0.15, -0.1) is 0 Å². The van der Waals surface area contributed by atoms with Crippen LogP contribution in [0.25, 0.3) is 5.52 Å². The largest absolute Gasteiger partial charge is 0.293 e. The van der Waals surface area contributed by atoms with Crippen molar-refractivity contribution in [2.45, 2.75) is 13.5 Å². The van der Waals surface area contributed by atoms with Crippen LogP contribution in [-0.4, -0.2) is 41.3 Å². The van der Waals surface area contributed by atoms with Crippen LogP contribution in [0.2, 0.25) is 0 Å². The van der Waals surface area contributed by atoms with Gasteiger partial charge >= 0.3 is 0 Å². The first kappa shape index (κ1) is 15.5. The molecule has 0 radical (unpaired) electrons. The fourth-order valence-electron chi connectivity index (χ4n) is 2.12. The van der Waals surface area contributed by atoms with E-state index in [9.17, 15) is 14.0 Å². The lowest BCUT2D eigenvalue weighted by atomic mass is 10.3. The van der Waals surface area contributed by atoms with Crippen molar-refractivity contribution in [2.75, 3.05) is 0 Å². The molecule has 1 amide bonds. The molecular weight excluding hydrogens is 319 g/mol. The summed E-state index contributed by atoms with van der Waals surface area (Å²) in [5.74, 6) is -1.14. The van der Waals surface area contributed by atoms with Crippen LogP contribution < -0.4 is 11.0 Å². The van der Waals surface area contributed by atoms with Gasteiger partial charge in [-0.25, -0.2) is 19.3 Å². The lowest BCUT2D eigenvalue weighted by molar-refractivity contribution is -0.121. The van der Waals surface area contributed by atoms with Crippen LogP contribution in [-0.2, 0) is 18.4 Å². The molecule has 0 spiro atoms. The predicted molar refractivity (Wildman–Crippen MR) is 80.9 cm³/mol. The third-order valence-electron chi connectivity index (χ3n) is 3.30. The monoisotopic (exact) mass is 332 g/mol. The van der Waals surface area contributed by atoms with E-state index in [-0.39, 0.29) is 12.1 Å². The summed E-state index contributed by atoms with van der Waals surface area (Å²) < 4.78 is 17.1. The van der Waals surface area contributed by atoms with Crippen LogP contribution >= 0.6 is 0 Å². The van der Waals surface area contributed by atoms with Crippen LogP contribution in [0.4, 0.5) is 4.39 Å². The average Bonchev–Trinajstić information content (AvgIpc) is 3.10. The van der Waals surface area contributed by atoms with Gasteiger partial charge in [0.25, 0.3) is 11.5 Å². The van der Waals surface area contributed by atoms with E-state index in [1.54, 1.807) is 6.92 Å². The highest BCUT2D eigenvalue weighted by Crippen LogP contribution is 2.07. The molecule has 0 aliphatic heterocycles. The van der Waals surface area contributed by atoms with Crippen LogP contribution in [0, 0.1) is 12.9 Å².